The third-order valence-electron chi connectivity index (χ3n) is 4.53. The van der Waals surface area contributed by atoms with E-state index in [1.807, 2.05) is 12.1 Å². The molecule has 21 heavy (non-hydrogen) atoms. The average Bonchev–Trinajstić information content (AvgIpc) is 2.41. The lowest BCUT2D eigenvalue weighted by Gasteiger charge is -2.40. The zero-order chi connectivity index (χ0) is 15.6. The number of hydrogen-bond donors (Lipinski definition) is 1. The molecule has 3 unspecified atom stereocenters. The third kappa shape index (κ3) is 4.28. The second kappa shape index (κ2) is 6.46. The lowest BCUT2D eigenvalue weighted by atomic mass is 9.90. The summed E-state index contributed by atoms with van der Waals surface area (Å²) in [7, 11) is -0.921. The summed E-state index contributed by atoms with van der Waals surface area (Å²) in [5.41, 5.74) is 1.13. The predicted octanol–water partition coefficient (Wildman–Crippen LogP) is 1.91. The molecule has 0 bridgehead atoms. The van der Waals surface area contributed by atoms with Crippen LogP contribution < -0.4 is 5.32 Å². The first-order chi connectivity index (χ1) is 9.77. The summed E-state index contributed by atoms with van der Waals surface area (Å²) in [6.45, 7) is 6.45. The fourth-order valence-electron chi connectivity index (χ4n) is 2.93. The van der Waals surface area contributed by atoms with Crippen LogP contribution in [0.1, 0.15) is 25.8 Å². The lowest BCUT2D eigenvalue weighted by Crippen LogP contribution is -2.50. The topological polar surface area (TPSA) is 49.4 Å². The van der Waals surface area contributed by atoms with E-state index >= 15 is 0 Å². The van der Waals surface area contributed by atoms with E-state index in [0.29, 0.717) is 22.9 Å². The monoisotopic (exact) mass is 310 g/mol. The van der Waals surface area contributed by atoms with Gasteiger partial charge < -0.3 is 10.2 Å². The van der Waals surface area contributed by atoms with Crippen LogP contribution in [0.4, 0.5) is 0 Å². The highest BCUT2D eigenvalue weighted by molar-refractivity contribution is 7.90. The highest BCUT2D eigenvalue weighted by atomic mass is 32.2. The summed E-state index contributed by atoms with van der Waals surface area (Å²) in [6, 6.07) is 8.29. The molecule has 1 aliphatic rings. The van der Waals surface area contributed by atoms with Crippen molar-refractivity contribution in [2.75, 3.05) is 19.8 Å². The van der Waals surface area contributed by atoms with Crippen LogP contribution in [0.2, 0.25) is 0 Å². The van der Waals surface area contributed by atoms with Crippen LogP contribution in [0.25, 0.3) is 0 Å². The van der Waals surface area contributed by atoms with Gasteiger partial charge in [-0.25, -0.2) is 8.42 Å². The Bertz CT molecular complexity index is 568. The van der Waals surface area contributed by atoms with Gasteiger partial charge in [0.15, 0.2) is 9.84 Å². The largest absolute Gasteiger partial charge is 0.310 e. The van der Waals surface area contributed by atoms with Gasteiger partial charge in [-0.15, -0.1) is 0 Å². The van der Waals surface area contributed by atoms with Crippen molar-refractivity contribution in [3.63, 3.8) is 0 Å². The minimum Gasteiger partial charge on any atom is -0.310 e. The second-order valence-corrected chi connectivity index (χ2v) is 8.42. The average molecular weight is 310 g/mol. The van der Waals surface area contributed by atoms with Crippen LogP contribution in [-0.4, -0.2) is 45.2 Å². The smallest absolute Gasteiger partial charge is 0.175 e. The molecule has 5 heteroatoms. The maximum absolute atomic E-state index is 11.4. The number of nitrogens with zero attached hydrogens (tertiary/aromatic N) is 1. The zero-order valence-corrected chi connectivity index (χ0v) is 14.2. The van der Waals surface area contributed by atoms with Crippen molar-refractivity contribution in [1.29, 1.82) is 0 Å². The fraction of sp³-hybridized carbons (Fsp3) is 0.625. The highest BCUT2D eigenvalue weighted by Gasteiger charge is 2.28. The molecule has 0 spiro atoms. The van der Waals surface area contributed by atoms with Crippen LogP contribution >= 0.6 is 0 Å². The molecule has 2 rings (SSSR count). The molecule has 3 atom stereocenters. The maximum Gasteiger partial charge on any atom is 0.175 e. The fourth-order valence-corrected chi connectivity index (χ4v) is 3.56. The molecule has 1 aromatic carbocycles. The molecular formula is C16H26N2O2S. The van der Waals surface area contributed by atoms with E-state index in [-0.39, 0.29) is 0 Å². The van der Waals surface area contributed by atoms with Gasteiger partial charge in [0.2, 0.25) is 0 Å². The van der Waals surface area contributed by atoms with Crippen molar-refractivity contribution < 1.29 is 8.42 Å². The molecule has 0 radical (unpaired) electrons. The molecule has 1 aromatic rings. The Morgan fingerprint density at radius 1 is 1.24 bits per heavy atom. The summed E-state index contributed by atoms with van der Waals surface area (Å²) in [6.07, 6.45) is 2.39. The second-order valence-electron chi connectivity index (χ2n) is 6.41. The SMILES string of the molecule is CC1CN(C)C(C)CC1NCc1ccc(S(C)(=O)=O)cc1. The molecule has 118 valence electrons. The molecule has 1 aliphatic heterocycles. The van der Waals surface area contributed by atoms with Crippen LogP contribution in [0.3, 0.4) is 0 Å². The molecule has 0 amide bonds. The van der Waals surface area contributed by atoms with Gasteiger partial charge in [0, 0.05) is 31.4 Å². The number of hydrogen-bond acceptors (Lipinski definition) is 4. The summed E-state index contributed by atoms with van der Waals surface area (Å²) in [4.78, 5) is 2.79. The summed E-state index contributed by atoms with van der Waals surface area (Å²) in [5, 5.41) is 3.62. The van der Waals surface area contributed by atoms with Crippen LogP contribution in [0.5, 0.6) is 0 Å². The van der Waals surface area contributed by atoms with Gasteiger partial charge in [-0.1, -0.05) is 19.1 Å². The van der Waals surface area contributed by atoms with E-state index in [4.69, 9.17) is 0 Å². The molecular weight excluding hydrogens is 284 g/mol. The van der Waals surface area contributed by atoms with Gasteiger partial charge in [0.05, 0.1) is 4.90 Å². The Hall–Kier alpha value is -0.910. The zero-order valence-electron chi connectivity index (χ0n) is 13.3. The van der Waals surface area contributed by atoms with Gasteiger partial charge >= 0.3 is 0 Å². The number of nitrogens with one attached hydrogen (secondary N) is 1. The van der Waals surface area contributed by atoms with Crippen molar-refractivity contribution in [2.45, 2.75) is 43.8 Å². The minimum absolute atomic E-state index is 0.382. The first kappa shape index (κ1) is 16.5. The quantitative estimate of drug-likeness (QED) is 0.923. The van der Waals surface area contributed by atoms with Gasteiger partial charge in [-0.3, -0.25) is 0 Å². The third-order valence-corrected chi connectivity index (χ3v) is 5.66. The van der Waals surface area contributed by atoms with E-state index in [2.05, 4.69) is 31.1 Å². The number of benzene rings is 1. The molecule has 4 nitrogen and oxygen atoms in total. The van der Waals surface area contributed by atoms with Gasteiger partial charge in [0.1, 0.15) is 0 Å². The first-order valence-corrected chi connectivity index (χ1v) is 9.39. The number of piperidine rings is 1. The molecule has 1 fully saturated rings. The Balaban J connectivity index is 1.94. The molecule has 0 saturated carbocycles. The van der Waals surface area contributed by atoms with Crippen molar-refractivity contribution >= 4 is 9.84 Å². The van der Waals surface area contributed by atoms with Gasteiger partial charge in [-0.05, 0) is 44.0 Å². The minimum atomic E-state index is -3.10. The first-order valence-electron chi connectivity index (χ1n) is 7.50. The van der Waals surface area contributed by atoms with E-state index in [1.54, 1.807) is 12.1 Å². The van der Waals surface area contributed by atoms with Gasteiger partial charge in [-0.2, -0.15) is 0 Å². The van der Waals surface area contributed by atoms with Crippen LogP contribution in [0, 0.1) is 5.92 Å². The van der Waals surface area contributed by atoms with E-state index in [9.17, 15) is 8.42 Å². The Morgan fingerprint density at radius 2 is 1.86 bits per heavy atom. The standard InChI is InChI=1S/C16H26N2O2S/c1-12-11-18(3)13(2)9-16(12)17-10-14-5-7-15(8-6-14)21(4,19)20/h5-8,12-13,16-17H,9-11H2,1-4H3. The molecule has 1 heterocycles. The normalized spacial score (nSPS) is 27.7. The maximum atomic E-state index is 11.4. The highest BCUT2D eigenvalue weighted by Crippen LogP contribution is 2.21. The molecule has 0 aromatic heterocycles. The van der Waals surface area contributed by atoms with E-state index in [0.717, 1.165) is 25.1 Å². The van der Waals surface area contributed by atoms with E-state index < -0.39 is 9.84 Å². The van der Waals surface area contributed by atoms with Crippen molar-refractivity contribution in [3.8, 4) is 0 Å². The van der Waals surface area contributed by atoms with Crippen LogP contribution in [-0.2, 0) is 16.4 Å². The number of sulfone groups is 1. The van der Waals surface area contributed by atoms with E-state index in [1.165, 1.54) is 6.26 Å². The Labute approximate surface area is 128 Å². The van der Waals surface area contributed by atoms with Crippen molar-refractivity contribution in [1.82, 2.24) is 10.2 Å². The molecule has 0 aliphatic carbocycles. The summed E-state index contributed by atoms with van der Waals surface area (Å²) < 4.78 is 22.9. The lowest BCUT2D eigenvalue weighted by molar-refractivity contribution is 0.121. The predicted molar refractivity (Wildman–Crippen MR) is 86.1 cm³/mol. The summed E-state index contributed by atoms with van der Waals surface area (Å²) in [5.74, 6) is 0.626. The molecule has 1 N–H and O–H groups in total. The Kier molecular flexibility index (Phi) is 5.07. The van der Waals surface area contributed by atoms with Crippen LogP contribution in [0.15, 0.2) is 29.2 Å². The Morgan fingerprint density at radius 3 is 2.43 bits per heavy atom. The van der Waals surface area contributed by atoms with Crippen molar-refractivity contribution in [3.05, 3.63) is 29.8 Å². The molecule has 1 saturated heterocycles. The number of rotatable bonds is 4. The summed E-state index contributed by atoms with van der Waals surface area (Å²) >= 11 is 0. The van der Waals surface area contributed by atoms with Crippen molar-refractivity contribution in [2.24, 2.45) is 5.92 Å². The number of likely N-dealkylation sites (tertiary alicyclic amines) is 1. The van der Waals surface area contributed by atoms with Gasteiger partial charge in [0.25, 0.3) is 0 Å².